The molecule has 1 saturated carbocycles. The first-order valence-electron chi connectivity index (χ1n) is 6.29. The summed E-state index contributed by atoms with van der Waals surface area (Å²) in [6, 6.07) is 2.17. The van der Waals surface area contributed by atoms with E-state index in [0.717, 1.165) is 11.3 Å². The Labute approximate surface area is 112 Å². The summed E-state index contributed by atoms with van der Waals surface area (Å²) in [4.78, 5) is 12.9. The molecule has 1 amide bonds. The van der Waals surface area contributed by atoms with E-state index < -0.39 is 0 Å². The molecule has 0 radical (unpaired) electrons. The molecule has 0 aromatic carbocycles. The van der Waals surface area contributed by atoms with Gasteiger partial charge in [0, 0.05) is 11.4 Å². The lowest BCUT2D eigenvalue weighted by atomic mass is 10.1. The van der Waals surface area contributed by atoms with Crippen LogP contribution in [0.2, 0.25) is 0 Å². The first kappa shape index (κ1) is 13.1. The fraction of sp³-hybridized carbons (Fsp3) is 0.500. The van der Waals surface area contributed by atoms with Crippen LogP contribution in [-0.4, -0.2) is 18.5 Å². The zero-order chi connectivity index (χ0) is 13.0. The molecule has 1 aromatic rings. The minimum atomic E-state index is 0.0193. The number of hydrogen-bond acceptors (Lipinski definition) is 3. The highest BCUT2D eigenvalue weighted by atomic mass is 32.1. The van der Waals surface area contributed by atoms with Crippen LogP contribution in [0.5, 0.6) is 0 Å². The van der Waals surface area contributed by atoms with Crippen molar-refractivity contribution in [3.63, 3.8) is 0 Å². The SMILES string of the molecule is CC1CCCC1NC(=O)c1csc(C#CCN)c1. The van der Waals surface area contributed by atoms with Gasteiger partial charge in [-0.3, -0.25) is 4.79 Å². The van der Waals surface area contributed by atoms with Crippen LogP contribution in [0.4, 0.5) is 0 Å². The number of rotatable bonds is 2. The van der Waals surface area contributed by atoms with Gasteiger partial charge in [-0.25, -0.2) is 0 Å². The van der Waals surface area contributed by atoms with Crippen molar-refractivity contribution >= 4 is 17.2 Å². The molecule has 0 spiro atoms. The van der Waals surface area contributed by atoms with Crippen LogP contribution in [0.1, 0.15) is 41.4 Å². The van der Waals surface area contributed by atoms with Gasteiger partial charge in [0.15, 0.2) is 0 Å². The molecule has 3 N–H and O–H groups in total. The molecular weight excluding hydrogens is 244 g/mol. The summed E-state index contributed by atoms with van der Waals surface area (Å²) < 4.78 is 0. The van der Waals surface area contributed by atoms with Crippen LogP contribution in [0.3, 0.4) is 0 Å². The van der Waals surface area contributed by atoms with Gasteiger partial charge < -0.3 is 11.1 Å². The molecule has 2 atom stereocenters. The van der Waals surface area contributed by atoms with Gasteiger partial charge in [0.05, 0.1) is 17.0 Å². The van der Waals surface area contributed by atoms with Crippen LogP contribution < -0.4 is 11.1 Å². The van der Waals surface area contributed by atoms with Gasteiger partial charge in [-0.15, -0.1) is 11.3 Å². The molecule has 96 valence electrons. The number of carbonyl (C=O) groups is 1. The standard InChI is InChI=1S/C14H18N2OS/c1-10-4-2-6-13(10)16-14(17)11-8-12(18-9-11)5-3-7-15/h8-10,13H,2,4,6-7,15H2,1H3,(H,16,17). The molecule has 1 aromatic heterocycles. The Morgan fingerprint density at radius 3 is 3.11 bits per heavy atom. The minimum Gasteiger partial charge on any atom is -0.349 e. The Bertz CT molecular complexity index is 483. The van der Waals surface area contributed by atoms with Gasteiger partial charge in [-0.1, -0.05) is 25.2 Å². The van der Waals surface area contributed by atoms with Crippen LogP contribution in [-0.2, 0) is 0 Å². The van der Waals surface area contributed by atoms with Crippen molar-refractivity contribution in [1.29, 1.82) is 0 Å². The van der Waals surface area contributed by atoms with E-state index in [1.54, 1.807) is 0 Å². The smallest absolute Gasteiger partial charge is 0.252 e. The fourth-order valence-corrected chi connectivity index (χ4v) is 3.03. The Morgan fingerprint density at radius 2 is 2.44 bits per heavy atom. The van der Waals surface area contributed by atoms with E-state index in [4.69, 9.17) is 5.73 Å². The third-order valence-electron chi connectivity index (χ3n) is 3.35. The minimum absolute atomic E-state index is 0.0193. The second-order valence-electron chi connectivity index (χ2n) is 4.69. The molecule has 0 bridgehead atoms. The number of nitrogens with two attached hydrogens (primary N) is 1. The third kappa shape index (κ3) is 3.12. The number of nitrogens with one attached hydrogen (secondary N) is 1. The van der Waals surface area contributed by atoms with Crippen molar-refractivity contribution in [2.24, 2.45) is 11.7 Å². The topological polar surface area (TPSA) is 55.1 Å². The predicted octanol–water partition coefficient (Wildman–Crippen LogP) is 1.98. The summed E-state index contributed by atoms with van der Waals surface area (Å²) in [7, 11) is 0. The predicted molar refractivity (Wildman–Crippen MR) is 74.5 cm³/mol. The highest BCUT2D eigenvalue weighted by Crippen LogP contribution is 2.25. The van der Waals surface area contributed by atoms with Crippen molar-refractivity contribution in [3.8, 4) is 11.8 Å². The van der Waals surface area contributed by atoms with E-state index in [1.165, 1.54) is 24.2 Å². The quantitative estimate of drug-likeness (QED) is 0.801. The second-order valence-corrected chi connectivity index (χ2v) is 5.60. The maximum atomic E-state index is 12.1. The van der Waals surface area contributed by atoms with Crippen LogP contribution in [0.25, 0.3) is 0 Å². The van der Waals surface area contributed by atoms with Gasteiger partial charge >= 0.3 is 0 Å². The van der Waals surface area contributed by atoms with Crippen molar-refractivity contribution in [2.75, 3.05) is 6.54 Å². The van der Waals surface area contributed by atoms with Gasteiger partial charge in [-0.2, -0.15) is 0 Å². The van der Waals surface area contributed by atoms with E-state index >= 15 is 0 Å². The molecule has 2 unspecified atom stereocenters. The van der Waals surface area contributed by atoms with E-state index in [-0.39, 0.29) is 5.91 Å². The largest absolute Gasteiger partial charge is 0.349 e. The molecule has 1 aliphatic rings. The summed E-state index contributed by atoms with van der Waals surface area (Å²) in [5.41, 5.74) is 6.03. The summed E-state index contributed by atoms with van der Waals surface area (Å²) >= 11 is 1.49. The summed E-state index contributed by atoms with van der Waals surface area (Å²) in [6.45, 7) is 2.54. The van der Waals surface area contributed by atoms with E-state index in [0.29, 0.717) is 24.1 Å². The van der Waals surface area contributed by atoms with Crippen LogP contribution in [0, 0.1) is 17.8 Å². The average Bonchev–Trinajstić information content (AvgIpc) is 2.97. The number of thiophene rings is 1. The molecule has 2 rings (SSSR count). The number of hydrogen-bond donors (Lipinski definition) is 2. The maximum Gasteiger partial charge on any atom is 0.252 e. The Kier molecular flexibility index (Phi) is 4.40. The van der Waals surface area contributed by atoms with Gasteiger partial charge in [-0.05, 0) is 24.8 Å². The Balaban J connectivity index is 1.98. The highest BCUT2D eigenvalue weighted by molar-refractivity contribution is 7.10. The number of amides is 1. The van der Waals surface area contributed by atoms with Gasteiger partial charge in [0.1, 0.15) is 0 Å². The molecule has 0 saturated heterocycles. The molecule has 3 nitrogen and oxygen atoms in total. The lowest BCUT2D eigenvalue weighted by molar-refractivity contribution is 0.0930. The molecule has 18 heavy (non-hydrogen) atoms. The molecule has 4 heteroatoms. The molecule has 0 aliphatic heterocycles. The van der Waals surface area contributed by atoms with Crippen molar-refractivity contribution in [2.45, 2.75) is 32.2 Å². The third-order valence-corrected chi connectivity index (χ3v) is 4.20. The zero-order valence-corrected chi connectivity index (χ0v) is 11.3. The molecule has 1 fully saturated rings. The lowest BCUT2D eigenvalue weighted by Crippen LogP contribution is -2.36. The fourth-order valence-electron chi connectivity index (χ4n) is 2.27. The molecule has 1 aliphatic carbocycles. The maximum absolute atomic E-state index is 12.1. The molecule has 1 heterocycles. The van der Waals surface area contributed by atoms with Crippen LogP contribution in [0.15, 0.2) is 11.4 Å². The van der Waals surface area contributed by atoms with Gasteiger partial charge in [0.25, 0.3) is 5.91 Å². The molecular formula is C14H18N2OS. The zero-order valence-electron chi connectivity index (χ0n) is 10.5. The normalized spacial score (nSPS) is 22.3. The lowest BCUT2D eigenvalue weighted by Gasteiger charge is -2.16. The monoisotopic (exact) mass is 262 g/mol. The second kappa shape index (κ2) is 6.03. The summed E-state index contributed by atoms with van der Waals surface area (Å²) in [5, 5.41) is 4.97. The first-order chi connectivity index (χ1) is 8.70. The van der Waals surface area contributed by atoms with Gasteiger partial charge in [0.2, 0.25) is 0 Å². The van der Waals surface area contributed by atoms with Crippen molar-refractivity contribution in [1.82, 2.24) is 5.32 Å². The van der Waals surface area contributed by atoms with Crippen molar-refractivity contribution in [3.05, 3.63) is 21.9 Å². The Morgan fingerprint density at radius 1 is 1.61 bits per heavy atom. The van der Waals surface area contributed by atoms with Crippen molar-refractivity contribution < 1.29 is 4.79 Å². The van der Waals surface area contributed by atoms with E-state index in [2.05, 4.69) is 24.1 Å². The van der Waals surface area contributed by atoms with Crippen LogP contribution >= 0.6 is 11.3 Å². The average molecular weight is 262 g/mol. The number of carbonyl (C=O) groups excluding carboxylic acids is 1. The highest BCUT2D eigenvalue weighted by Gasteiger charge is 2.25. The summed E-state index contributed by atoms with van der Waals surface area (Å²) in [6.07, 6.45) is 3.52. The van der Waals surface area contributed by atoms with E-state index in [9.17, 15) is 4.79 Å². The first-order valence-corrected chi connectivity index (χ1v) is 7.17. The Hall–Kier alpha value is -1.31. The van der Waals surface area contributed by atoms with E-state index in [1.807, 2.05) is 11.4 Å². The summed E-state index contributed by atoms with van der Waals surface area (Å²) in [5.74, 6) is 6.35.